The average molecular weight is 376 g/mol. The van der Waals surface area contributed by atoms with E-state index >= 15 is 0 Å². The van der Waals surface area contributed by atoms with Crippen molar-refractivity contribution in [3.63, 3.8) is 0 Å². The number of hydrogen-bond acceptors (Lipinski definition) is 3. The van der Waals surface area contributed by atoms with E-state index in [0.717, 1.165) is 0 Å². The third kappa shape index (κ3) is 2.63. The van der Waals surface area contributed by atoms with E-state index in [0.29, 0.717) is 16.1 Å². The van der Waals surface area contributed by atoms with Gasteiger partial charge in [-0.15, -0.1) is 0 Å². The van der Waals surface area contributed by atoms with Crippen molar-refractivity contribution in [2.75, 3.05) is 0 Å². The molecule has 2 N–H and O–H groups in total. The molecule has 0 saturated carbocycles. The van der Waals surface area contributed by atoms with Gasteiger partial charge in [0.2, 0.25) is 0 Å². The van der Waals surface area contributed by atoms with Crippen molar-refractivity contribution in [3.8, 4) is 17.1 Å². The largest absolute Gasteiger partial charge is 0.505 e. The molecule has 3 rings (SSSR count). The fourth-order valence-corrected chi connectivity index (χ4v) is 3.03. The van der Waals surface area contributed by atoms with Gasteiger partial charge in [-0.05, 0) is 24.3 Å². The van der Waals surface area contributed by atoms with Gasteiger partial charge in [-0.25, -0.2) is 4.98 Å². The zero-order valence-electron chi connectivity index (χ0n) is 10.6. The highest BCUT2D eigenvalue weighted by atomic mass is 35.5. The molecule has 0 spiro atoms. The standard InChI is InChI=1S/C14H6Cl4N2O2/c15-6-3-7-11(8(16)4-6)19-13(20-14(7)22)5-1-9(17)12(21)10(18)2-5/h1-4,21H,(H,19,20,22). The Morgan fingerprint density at radius 2 is 1.59 bits per heavy atom. The molecule has 0 saturated heterocycles. The van der Waals surface area contributed by atoms with Crippen LogP contribution in [0.5, 0.6) is 5.75 Å². The van der Waals surface area contributed by atoms with Crippen LogP contribution in [0, 0.1) is 0 Å². The first-order valence-corrected chi connectivity index (χ1v) is 7.45. The van der Waals surface area contributed by atoms with E-state index in [-0.39, 0.29) is 32.0 Å². The number of aromatic nitrogens is 2. The molecule has 0 aliphatic heterocycles. The molecule has 0 aliphatic rings. The predicted molar refractivity (Wildman–Crippen MR) is 89.5 cm³/mol. The summed E-state index contributed by atoms with van der Waals surface area (Å²) in [4.78, 5) is 19.1. The van der Waals surface area contributed by atoms with E-state index < -0.39 is 5.56 Å². The minimum atomic E-state index is -0.398. The number of halogens is 4. The summed E-state index contributed by atoms with van der Waals surface area (Å²) in [6.07, 6.45) is 0. The Morgan fingerprint density at radius 3 is 2.23 bits per heavy atom. The lowest BCUT2D eigenvalue weighted by molar-refractivity contribution is 0.476. The topological polar surface area (TPSA) is 66.0 Å². The van der Waals surface area contributed by atoms with Crippen molar-refractivity contribution in [1.82, 2.24) is 9.97 Å². The summed E-state index contributed by atoms with van der Waals surface area (Å²) in [5.41, 5.74) is 0.354. The molecule has 1 aromatic heterocycles. The zero-order valence-corrected chi connectivity index (χ0v) is 13.6. The molecule has 2 aromatic carbocycles. The van der Waals surface area contributed by atoms with Crippen molar-refractivity contribution < 1.29 is 5.11 Å². The normalized spacial score (nSPS) is 11.1. The summed E-state index contributed by atoms with van der Waals surface area (Å²) < 4.78 is 0. The maximum atomic E-state index is 12.2. The average Bonchev–Trinajstić information content (AvgIpc) is 2.45. The van der Waals surface area contributed by atoms with Crippen LogP contribution in [-0.4, -0.2) is 15.1 Å². The zero-order chi connectivity index (χ0) is 16.0. The lowest BCUT2D eigenvalue weighted by Crippen LogP contribution is -2.09. The molecule has 0 radical (unpaired) electrons. The molecule has 4 nitrogen and oxygen atoms in total. The van der Waals surface area contributed by atoms with E-state index in [4.69, 9.17) is 46.4 Å². The third-order valence-electron chi connectivity index (χ3n) is 3.02. The minimum absolute atomic E-state index is 0.0486. The van der Waals surface area contributed by atoms with Gasteiger partial charge in [0, 0.05) is 10.6 Å². The first kappa shape index (κ1) is 15.4. The Balaban J connectivity index is 2.31. The highest BCUT2D eigenvalue weighted by molar-refractivity contribution is 6.38. The van der Waals surface area contributed by atoms with Gasteiger partial charge in [0.25, 0.3) is 5.56 Å². The van der Waals surface area contributed by atoms with Crippen LogP contribution in [0.4, 0.5) is 0 Å². The number of benzene rings is 2. The van der Waals surface area contributed by atoms with Gasteiger partial charge in [0.1, 0.15) is 5.82 Å². The molecular formula is C14H6Cl4N2O2. The second-order valence-electron chi connectivity index (χ2n) is 4.49. The summed E-state index contributed by atoms with van der Waals surface area (Å²) in [5, 5.41) is 10.6. The Labute approximate surface area is 144 Å². The molecule has 22 heavy (non-hydrogen) atoms. The first-order valence-electron chi connectivity index (χ1n) is 5.94. The molecule has 0 atom stereocenters. The Bertz CT molecular complexity index is 946. The molecule has 3 aromatic rings. The number of phenolic OH excluding ortho intramolecular Hbond substituents is 1. The number of aromatic amines is 1. The first-order chi connectivity index (χ1) is 10.4. The van der Waals surface area contributed by atoms with E-state index in [9.17, 15) is 9.90 Å². The summed E-state index contributed by atoms with van der Waals surface area (Å²) in [5.74, 6) is -0.00874. The highest BCUT2D eigenvalue weighted by Gasteiger charge is 2.13. The number of phenols is 1. The smallest absolute Gasteiger partial charge is 0.259 e. The van der Waals surface area contributed by atoms with Crippen LogP contribution >= 0.6 is 46.4 Å². The summed E-state index contributed by atoms with van der Waals surface area (Å²) >= 11 is 23.7. The molecule has 112 valence electrons. The maximum Gasteiger partial charge on any atom is 0.259 e. The van der Waals surface area contributed by atoms with Crippen LogP contribution in [0.3, 0.4) is 0 Å². The lowest BCUT2D eigenvalue weighted by atomic mass is 10.2. The van der Waals surface area contributed by atoms with E-state index in [1.165, 1.54) is 24.3 Å². The van der Waals surface area contributed by atoms with E-state index in [1.807, 2.05) is 0 Å². The van der Waals surface area contributed by atoms with E-state index in [1.54, 1.807) is 0 Å². The number of H-pyrrole nitrogens is 1. The van der Waals surface area contributed by atoms with Gasteiger partial charge in [-0.1, -0.05) is 46.4 Å². The predicted octanol–water partition coefficient (Wildman–Crippen LogP) is 4.91. The fourth-order valence-electron chi connectivity index (χ4n) is 2.01. The van der Waals surface area contributed by atoms with Crippen LogP contribution in [0.1, 0.15) is 0 Å². The second-order valence-corrected chi connectivity index (χ2v) is 6.14. The van der Waals surface area contributed by atoms with Crippen molar-refractivity contribution in [1.29, 1.82) is 0 Å². The minimum Gasteiger partial charge on any atom is -0.505 e. The molecular weight excluding hydrogens is 370 g/mol. The number of aromatic hydroxyl groups is 1. The summed E-state index contributed by atoms with van der Waals surface area (Å²) in [6, 6.07) is 5.86. The van der Waals surface area contributed by atoms with Gasteiger partial charge in [-0.3, -0.25) is 4.79 Å². The monoisotopic (exact) mass is 374 g/mol. The van der Waals surface area contributed by atoms with Crippen molar-refractivity contribution in [3.05, 3.63) is 54.7 Å². The van der Waals surface area contributed by atoms with Gasteiger partial charge < -0.3 is 10.1 Å². The fraction of sp³-hybridized carbons (Fsp3) is 0. The Morgan fingerprint density at radius 1 is 0.955 bits per heavy atom. The number of nitrogens with one attached hydrogen (secondary N) is 1. The van der Waals surface area contributed by atoms with Crippen LogP contribution < -0.4 is 5.56 Å². The van der Waals surface area contributed by atoms with Gasteiger partial charge in [0.15, 0.2) is 5.75 Å². The van der Waals surface area contributed by atoms with Crippen LogP contribution in [0.25, 0.3) is 22.3 Å². The van der Waals surface area contributed by atoms with Gasteiger partial charge >= 0.3 is 0 Å². The highest BCUT2D eigenvalue weighted by Crippen LogP contribution is 2.35. The third-order valence-corrected chi connectivity index (χ3v) is 4.10. The number of hydrogen-bond donors (Lipinski definition) is 2. The lowest BCUT2D eigenvalue weighted by Gasteiger charge is -2.07. The molecule has 0 amide bonds. The molecule has 8 heteroatoms. The maximum absolute atomic E-state index is 12.2. The van der Waals surface area contributed by atoms with Crippen molar-refractivity contribution >= 4 is 57.3 Å². The van der Waals surface area contributed by atoms with Crippen LogP contribution in [-0.2, 0) is 0 Å². The van der Waals surface area contributed by atoms with Crippen molar-refractivity contribution in [2.24, 2.45) is 0 Å². The quantitative estimate of drug-likeness (QED) is 0.635. The second kappa shape index (κ2) is 5.63. The van der Waals surface area contributed by atoms with Crippen LogP contribution in [0.2, 0.25) is 20.1 Å². The van der Waals surface area contributed by atoms with Crippen molar-refractivity contribution in [2.45, 2.75) is 0 Å². The van der Waals surface area contributed by atoms with Crippen LogP contribution in [0.15, 0.2) is 29.1 Å². The molecule has 0 aliphatic carbocycles. The number of nitrogens with zero attached hydrogens (tertiary/aromatic N) is 1. The molecule has 0 bridgehead atoms. The molecule has 0 unspecified atom stereocenters. The number of fused-ring (bicyclic) bond motifs is 1. The summed E-state index contributed by atoms with van der Waals surface area (Å²) in [7, 11) is 0. The SMILES string of the molecule is O=c1[nH]c(-c2cc(Cl)c(O)c(Cl)c2)nc2c(Cl)cc(Cl)cc12. The molecule has 0 fully saturated rings. The summed E-state index contributed by atoms with van der Waals surface area (Å²) in [6.45, 7) is 0. The molecule has 1 heterocycles. The Hall–Kier alpha value is -1.46. The van der Waals surface area contributed by atoms with Gasteiger partial charge in [0.05, 0.1) is 26.0 Å². The van der Waals surface area contributed by atoms with Gasteiger partial charge in [-0.2, -0.15) is 0 Å². The Kier molecular flexibility index (Phi) is 3.95. The number of rotatable bonds is 1. The van der Waals surface area contributed by atoms with E-state index in [2.05, 4.69) is 9.97 Å².